The van der Waals surface area contributed by atoms with Gasteiger partial charge < -0.3 is 14.9 Å². The van der Waals surface area contributed by atoms with Crippen molar-refractivity contribution in [1.29, 1.82) is 0 Å². The Morgan fingerprint density at radius 3 is 2.39 bits per heavy atom. The zero-order valence-corrected chi connectivity index (χ0v) is 9.67. The highest BCUT2D eigenvalue weighted by Gasteiger charge is 2.50. The van der Waals surface area contributed by atoms with Gasteiger partial charge in [-0.2, -0.15) is 0 Å². The predicted molar refractivity (Wildman–Crippen MR) is 57.7 cm³/mol. The molecule has 4 nitrogen and oxygen atoms in total. The molecule has 0 amide bonds. The second-order valence-corrected chi connectivity index (χ2v) is 4.34. The van der Waals surface area contributed by atoms with Gasteiger partial charge in [-0.05, 0) is 12.8 Å². The molecule has 1 fully saturated rings. The minimum atomic E-state index is -1.48. The molecule has 0 aromatic heterocycles. The molecule has 1 aliphatic rings. The lowest BCUT2D eigenvalue weighted by Gasteiger charge is -2.38. The number of carboxylic acids is 1. The Balaban J connectivity index is 2.67. The number of methoxy groups -OCH3 is 1. The molecule has 1 saturated carbocycles. The average Bonchev–Trinajstić information content (AvgIpc) is 2.20. The van der Waals surface area contributed by atoms with Crippen LogP contribution in [-0.4, -0.2) is 23.3 Å². The minimum Gasteiger partial charge on any atom is -0.504 e. The van der Waals surface area contributed by atoms with Gasteiger partial charge in [-0.3, -0.25) is 4.79 Å². The molecular formula is C12H12F2O4. The maximum absolute atomic E-state index is 13.8. The van der Waals surface area contributed by atoms with Crippen molar-refractivity contribution >= 4 is 5.97 Å². The van der Waals surface area contributed by atoms with Crippen LogP contribution in [0.2, 0.25) is 0 Å². The molecule has 0 bridgehead atoms. The molecule has 18 heavy (non-hydrogen) atoms. The maximum Gasteiger partial charge on any atom is 0.314 e. The lowest BCUT2D eigenvalue weighted by atomic mass is 9.64. The van der Waals surface area contributed by atoms with E-state index in [-0.39, 0.29) is 18.4 Å². The quantitative estimate of drug-likeness (QED) is 0.872. The molecular weight excluding hydrogens is 246 g/mol. The van der Waals surface area contributed by atoms with Crippen molar-refractivity contribution in [1.82, 2.24) is 0 Å². The molecule has 2 N–H and O–H groups in total. The highest BCUT2D eigenvalue weighted by atomic mass is 19.1. The van der Waals surface area contributed by atoms with E-state index in [9.17, 15) is 23.8 Å². The topological polar surface area (TPSA) is 66.8 Å². The molecule has 0 spiro atoms. The van der Waals surface area contributed by atoms with Crippen LogP contribution in [0.4, 0.5) is 8.78 Å². The second kappa shape index (κ2) is 4.12. The molecule has 0 saturated heterocycles. The van der Waals surface area contributed by atoms with Crippen molar-refractivity contribution in [2.45, 2.75) is 24.7 Å². The normalized spacial score (nSPS) is 17.1. The summed E-state index contributed by atoms with van der Waals surface area (Å²) in [6.45, 7) is 0. The Bertz CT molecular complexity index is 509. The van der Waals surface area contributed by atoms with Gasteiger partial charge in [0, 0.05) is 6.07 Å². The number of carbonyl (C=O) groups is 1. The fraction of sp³-hybridized carbons (Fsp3) is 0.417. The summed E-state index contributed by atoms with van der Waals surface area (Å²) in [4.78, 5) is 11.3. The first-order valence-electron chi connectivity index (χ1n) is 5.43. The molecule has 98 valence electrons. The first-order chi connectivity index (χ1) is 8.44. The lowest BCUT2D eigenvalue weighted by Crippen LogP contribution is -2.43. The van der Waals surface area contributed by atoms with Crippen LogP contribution in [0, 0.1) is 11.6 Å². The summed E-state index contributed by atoms with van der Waals surface area (Å²) in [5.74, 6) is -4.64. The average molecular weight is 258 g/mol. The zero-order chi connectivity index (χ0) is 13.5. The smallest absolute Gasteiger partial charge is 0.314 e. The summed E-state index contributed by atoms with van der Waals surface area (Å²) in [6, 6.07) is 0.539. The molecule has 1 aromatic rings. The van der Waals surface area contributed by atoms with Crippen molar-refractivity contribution in [2.75, 3.05) is 7.11 Å². The van der Waals surface area contributed by atoms with E-state index in [1.807, 2.05) is 0 Å². The van der Waals surface area contributed by atoms with Crippen LogP contribution in [0.15, 0.2) is 6.07 Å². The van der Waals surface area contributed by atoms with Crippen LogP contribution in [0.3, 0.4) is 0 Å². The number of benzene rings is 1. The fourth-order valence-corrected chi connectivity index (χ4v) is 2.34. The van der Waals surface area contributed by atoms with Gasteiger partial charge in [-0.1, -0.05) is 6.42 Å². The number of hydrogen-bond donors (Lipinski definition) is 2. The largest absolute Gasteiger partial charge is 0.504 e. The minimum absolute atomic E-state index is 0.210. The van der Waals surface area contributed by atoms with Crippen LogP contribution in [-0.2, 0) is 10.2 Å². The van der Waals surface area contributed by atoms with Crippen LogP contribution < -0.4 is 4.74 Å². The number of rotatable bonds is 3. The van der Waals surface area contributed by atoms with E-state index in [2.05, 4.69) is 4.74 Å². The molecule has 0 unspecified atom stereocenters. The molecule has 2 rings (SSSR count). The van der Waals surface area contributed by atoms with Gasteiger partial charge in [0.15, 0.2) is 17.3 Å². The number of aliphatic carboxylic acids is 1. The number of carboxylic acid groups (broad SMARTS) is 1. The first-order valence-corrected chi connectivity index (χ1v) is 5.43. The van der Waals surface area contributed by atoms with Crippen LogP contribution >= 0.6 is 0 Å². The molecule has 0 aliphatic heterocycles. The third-order valence-corrected chi connectivity index (χ3v) is 3.46. The predicted octanol–water partition coefficient (Wildman–Crippen LogP) is 2.19. The lowest BCUT2D eigenvalue weighted by molar-refractivity contribution is -0.147. The number of phenols is 1. The van der Waals surface area contributed by atoms with E-state index >= 15 is 0 Å². The van der Waals surface area contributed by atoms with Gasteiger partial charge in [0.25, 0.3) is 0 Å². The third-order valence-electron chi connectivity index (χ3n) is 3.46. The van der Waals surface area contributed by atoms with E-state index in [0.717, 1.165) is 7.11 Å². The van der Waals surface area contributed by atoms with Crippen LogP contribution in [0.25, 0.3) is 0 Å². The third kappa shape index (κ3) is 1.52. The van der Waals surface area contributed by atoms with Gasteiger partial charge in [0.05, 0.1) is 18.1 Å². The van der Waals surface area contributed by atoms with Crippen molar-refractivity contribution in [3.63, 3.8) is 0 Å². The summed E-state index contributed by atoms with van der Waals surface area (Å²) < 4.78 is 31.7. The van der Waals surface area contributed by atoms with E-state index in [4.69, 9.17) is 0 Å². The summed E-state index contributed by atoms with van der Waals surface area (Å²) in [5.41, 5.74) is -1.87. The van der Waals surface area contributed by atoms with E-state index in [0.29, 0.717) is 12.5 Å². The molecule has 0 radical (unpaired) electrons. The maximum atomic E-state index is 13.8. The van der Waals surface area contributed by atoms with Gasteiger partial charge in [0.2, 0.25) is 0 Å². The Hall–Kier alpha value is -1.85. The van der Waals surface area contributed by atoms with Crippen molar-refractivity contribution in [2.24, 2.45) is 0 Å². The monoisotopic (exact) mass is 258 g/mol. The van der Waals surface area contributed by atoms with Crippen LogP contribution in [0.1, 0.15) is 24.8 Å². The first kappa shape index (κ1) is 12.6. The molecule has 0 atom stereocenters. The summed E-state index contributed by atoms with van der Waals surface area (Å²) >= 11 is 0. The second-order valence-electron chi connectivity index (χ2n) is 4.34. The molecule has 1 aliphatic carbocycles. The van der Waals surface area contributed by atoms with Gasteiger partial charge >= 0.3 is 5.97 Å². The van der Waals surface area contributed by atoms with E-state index in [1.165, 1.54) is 0 Å². The Morgan fingerprint density at radius 2 is 2.00 bits per heavy atom. The van der Waals surface area contributed by atoms with Crippen LogP contribution in [0.5, 0.6) is 11.5 Å². The summed E-state index contributed by atoms with van der Waals surface area (Å²) in [6.07, 6.45) is 1.04. The summed E-state index contributed by atoms with van der Waals surface area (Å²) in [7, 11) is 1.12. The van der Waals surface area contributed by atoms with Gasteiger partial charge in [-0.25, -0.2) is 8.78 Å². The number of halogens is 2. The Kier molecular flexibility index (Phi) is 2.88. The number of aromatic hydroxyl groups is 1. The van der Waals surface area contributed by atoms with Crippen molar-refractivity contribution < 1.29 is 28.5 Å². The van der Waals surface area contributed by atoms with Gasteiger partial charge in [0.1, 0.15) is 5.82 Å². The Morgan fingerprint density at radius 1 is 1.39 bits per heavy atom. The number of ether oxygens (including phenoxy) is 1. The zero-order valence-electron chi connectivity index (χ0n) is 9.67. The van der Waals surface area contributed by atoms with Crippen molar-refractivity contribution in [3.8, 4) is 11.5 Å². The fourth-order valence-electron chi connectivity index (χ4n) is 2.34. The number of hydrogen-bond acceptors (Lipinski definition) is 3. The SMILES string of the molecule is COc1c(F)cc(F)c(C2(C(=O)O)CCC2)c1O. The van der Waals surface area contributed by atoms with Crippen molar-refractivity contribution in [3.05, 3.63) is 23.3 Å². The molecule has 1 aromatic carbocycles. The standard InChI is InChI=1S/C12H12F2O4/c1-18-10-7(14)5-6(13)8(9(10)15)12(11(16)17)3-2-4-12/h5,15H,2-4H2,1H3,(H,16,17). The number of phenolic OH excluding ortho intramolecular Hbond substituents is 1. The molecule has 6 heteroatoms. The van der Waals surface area contributed by atoms with Gasteiger partial charge in [-0.15, -0.1) is 0 Å². The molecule has 0 heterocycles. The summed E-state index contributed by atoms with van der Waals surface area (Å²) in [5, 5.41) is 19.0. The highest BCUT2D eigenvalue weighted by Crippen LogP contribution is 2.51. The highest BCUT2D eigenvalue weighted by molar-refractivity contribution is 5.84. The Labute approximate surface area is 102 Å². The van der Waals surface area contributed by atoms with E-state index in [1.54, 1.807) is 0 Å². The van der Waals surface area contributed by atoms with E-state index < -0.39 is 34.5 Å².